The molecule has 3 aromatic rings. The third-order valence-electron chi connectivity index (χ3n) is 5.76. The SMILES string of the molecule is COC(=O)C(CNC(=O)c1cc(O)cc(O)c1)NC(=O)c1c(C)nc(NCCCc2cccc(O)c2)nc1C. The first-order valence-corrected chi connectivity index (χ1v) is 12.1. The summed E-state index contributed by atoms with van der Waals surface area (Å²) in [6.07, 6.45) is 1.51. The molecule has 1 heterocycles. The molecule has 0 saturated carbocycles. The van der Waals surface area contributed by atoms with Crippen molar-refractivity contribution in [2.75, 3.05) is 25.5 Å². The number of amides is 2. The fourth-order valence-corrected chi connectivity index (χ4v) is 3.92. The van der Waals surface area contributed by atoms with Gasteiger partial charge in [0, 0.05) is 24.7 Å². The van der Waals surface area contributed by atoms with Gasteiger partial charge in [-0.1, -0.05) is 12.1 Å². The van der Waals surface area contributed by atoms with E-state index in [9.17, 15) is 29.7 Å². The minimum absolute atomic E-state index is 0.0347. The summed E-state index contributed by atoms with van der Waals surface area (Å²) in [5, 5.41) is 36.9. The highest BCUT2D eigenvalue weighted by Crippen LogP contribution is 2.20. The molecule has 1 aromatic heterocycles. The van der Waals surface area contributed by atoms with Crippen LogP contribution in [-0.2, 0) is 16.0 Å². The largest absolute Gasteiger partial charge is 0.508 e. The number of anilines is 1. The van der Waals surface area contributed by atoms with Crippen LogP contribution in [0.1, 0.15) is 44.1 Å². The van der Waals surface area contributed by atoms with Crippen molar-refractivity contribution in [1.82, 2.24) is 20.6 Å². The number of phenolic OH excluding ortho intramolecular Hbond substituents is 3. The second-order valence-corrected chi connectivity index (χ2v) is 8.79. The third-order valence-corrected chi connectivity index (χ3v) is 5.76. The molecule has 2 amide bonds. The summed E-state index contributed by atoms with van der Waals surface area (Å²) in [4.78, 5) is 46.5. The van der Waals surface area contributed by atoms with E-state index in [1.54, 1.807) is 32.0 Å². The molecular weight excluding hydrogens is 506 g/mol. The number of methoxy groups -OCH3 is 1. The zero-order valence-corrected chi connectivity index (χ0v) is 21.8. The summed E-state index contributed by atoms with van der Waals surface area (Å²) in [5.41, 5.74) is 1.93. The maximum absolute atomic E-state index is 13.1. The number of ether oxygens (including phenoxy) is 1. The van der Waals surface area contributed by atoms with E-state index in [0.29, 0.717) is 23.9 Å². The minimum atomic E-state index is -1.23. The van der Waals surface area contributed by atoms with Crippen LogP contribution in [0.15, 0.2) is 42.5 Å². The molecule has 6 N–H and O–H groups in total. The maximum Gasteiger partial charge on any atom is 0.330 e. The number of nitrogens with zero attached hydrogens (tertiary/aromatic N) is 2. The molecule has 0 fully saturated rings. The van der Waals surface area contributed by atoms with Crippen molar-refractivity contribution >= 4 is 23.7 Å². The van der Waals surface area contributed by atoms with Crippen molar-refractivity contribution in [2.45, 2.75) is 32.7 Å². The molecule has 12 nitrogen and oxygen atoms in total. The van der Waals surface area contributed by atoms with Crippen molar-refractivity contribution < 1.29 is 34.4 Å². The van der Waals surface area contributed by atoms with Gasteiger partial charge in [0.05, 0.1) is 24.1 Å². The zero-order chi connectivity index (χ0) is 28.5. The van der Waals surface area contributed by atoms with Crippen LogP contribution in [0.5, 0.6) is 17.2 Å². The van der Waals surface area contributed by atoms with Gasteiger partial charge in [0.25, 0.3) is 11.8 Å². The number of carbonyl (C=O) groups excluding carboxylic acids is 3. The fraction of sp³-hybridized carbons (Fsp3) is 0.296. The second-order valence-electron chi connectivity index (χ2n) is 8.79. The van der Waals surface area contributed by atoms with Crippen molar-refractivity contribution in [3.8, 4) is 17.2 Å². The average molecular weight is 538 g/mol. The Labute approximate surface area is 225 Å². The Balaban J connectivity index is 1.61. The van der Waals surface area contributed by atoms with Crippen LogP contribution in [0, 0.1) is 13.8 Å². The van der Waals surface area contributed by atoms with Crippen LogP contribution >= 0.6 is 0 Å². The van der Waals surface area contributed by atoms with Crippen molar-refractivity contribution in [2.24, 2.45) is 0 Å². The zero-order valence-electron chi connectivity index (χ0n) is 21.8. The molecule has 1 atom stereocenters. The van der Waals surface area contributed by atoms with Crippen LogP contribution in [-0.4, -0.2) is 69.3 Å². The lowest BCUT2D eigenvalue weighted by Crippen LogP contribution is -2.49. The molecule has 1 unspecified atom stereocenters. The number of hydrogen-bond acceptors (Lipinski definition) is 10. The van der Waals surface area contributed by atoms with E-state index >= 15 is 0 Å². The van der Waals surface area contributed by atoms with Gasteiger partial charge in [-0.05, 0) is 56.5 Å². The molecule has 0 saturated heterocycles. The molecule has 0 aliphatic rings. The number of nitrogens with one attached hydrogen (secondary N) is 3. The number of esters is 1. The van der Waals surface area contributed by atoms with Gasteiger partial charge >= 0.3 is 5.97 Å². The van der Waals surface area contributed by atoms with Crippen LogP contribution in [0.2, 0.25) is 0 Å². The summed E-state index contributed by atoms with van der Waals surface area (Å²) in [7, 11) is 1.15. The van der Waals surface area contributed by atoms with E-state index in [2.05, 4.69) is 25.9 Å². The molecule has 2 aromatic carbocycles. The van der Waals surface area contributed by atoms with Crippen LogP contribution in [0.4, 0.5) is 5.95 Å². The van der Waals surface area contributed by atoms with E-state index in [-0.39, 0.29) is 34.9 Å². The predicted molar refractivity (Wildman–Crippen MR) is 142 cm³/mol. The average Bonchev–Trinajstić information content (AvgIpc) is 2.87. The highest BCUT2D eigenvalue weighted by Gasteiger charge is 2.26. The fourth-order valence-electron chi connectivity index (χ4n) is 3.92. The van der Waals surface area contributed by atoms with Crippen LogP contribution in [0.3, 0.4) is 0 Å². The Bertz CT molecular complexity index is 1320. The molecular formula is C27H31N5O7. The van der Waals surface area contributed by atoms with Gasteiger partial charge in [-0.15, -0.1) is 0 Å². The van der Waals surface area contributed by atoms with Gasteiger partial charge in [0.1, 0.15) is 23.3 Å². The molecule has 0 radical (unpaired) electrons. The van der Waals surface area contributed by atoms with Gasteiger partial charge < -0.3 is 36.0 Å². The number of aromatic hydroxyl groups is 3. The van der Waals surface area contributed by atoms with Gasteiger partial charge in [0.2, 0.25) is 5.95 Å². The van der Waals surface area contributed by atoms with E-state index in [1.807, 2.05) is 6.07 Å². The van der Waals surface area contributed by atoms with Crippen molar-refractivity contribution in [3.05, 3.63) is 70.5 Å². The molecule has 0 spiro atoms. The predicted octanol–water partition coefficient (Wildman–Crippen LogP) is 1.96. The molecule has 12 heteroatoms. The topological polar surface area (TPSA) is 183 Å². The number of hydrogen-bond donors (Lipinski definition) is 6. The lowest BCUT2D eigenvalue weighted by Gasteiger charge is -2.19. The maximum atomic E-state index is 13.1. The minimum Gasteiger partial charge on any atom is -0.508 e. The molecule has 0 aliphatic heterocycles. The Morgan fingerprint density at radius 3 is 2.21 bits per heavy atom. The van der Waals surface area contributed by atoms with E-state index < -0.39 is 23.8 Å². The summed E-state index contributed by atoms with van der Waals surface area (Å²) in [5.74, 6) is -2.14. The summed E-state index contributed by atoms with van der Waals surface area (Å²) < 4.78 is 4.76. The Morgan fingerprint density at radius 1 is 0.923 bits per heavy atom. The van der Waals surface area contributed by atoms with Gasteiger partial charge in [-0.25, -0.2) is 14.8 Å². The van der Waals surface area contributed by atoms with E-state index in [1.165, 1.54) is 0 Å². The van der Waals surface area contributed by atoms with Gasteiger partial charge in [0.15, 0.2) is 0 Å². The highest BCUT2D eigenvalue weighted by atomic mass is 16.5. The quantitative estimate of drug-likeness (QED) is 0.156. The molecule has 39 heavy (non-hydrogen) atoms. The number of benzene rings is 2. The van der Waals surface area contributed by atoms with E-state index in [0.717, 1.165) is 43.7 Å². The molecule has 3 rings (SSSR count). The van der Waals surface area contributed by atoms with Crippen molar-refractivity contribution in [3.63, 3.8) is 0 Å². The van der Waals surface area contributed by atoms with Crippen LogP contribution < -0.4 is 16.0 Å². The molecule has 0 aliphatic carbocycles. The number of aryl methyl sites for hydroxylation is 3. The lowest BCUT2D eigenvalue weighted by molar-refractivity contribution is -0.142. The summed E-state index contributed by atoms with van der Waals surface area (Å²) >= 11 is 0. The standard InChI is InChI=1S/C27H31N5O7/c1-15-23(16(2)31-27(30-15)28-9-5-7-17-6-4-8-19(33)10-17)25(37)32-22(26(38)39-3)14-29-24(36)18-11-20(34)13-21(35)12-18/h4,6,8,10-13,22,33-35H,5,7,9,14H2,1-3H3,(H,29,36)(H,32,37)(H,28,30,31). The first kappa shape index (κ1) is 28.7. The highest BCUT2D eigenvalue weighted by molar-refractivity contribution is 5.99. The van der Waals surface area contributed by atoms with Crippen LogP contribution in [0.25, 0.3) is 0 Å². The van der Waals surface area contributed by atoms with E-state index in [4.69, 9.17) is 4.74 Å². The number of phenols is 3. The normalized spacial score (nSPS) is 11.4. The summed E-state index contributed by atoms with van der Waals surface area (Å²) in [6.45, 7) is 3.54. The lowest BCUT2D eigenvalue weighted by atomic mass is 10.1. The number of aromatic nitrogens is 2. The number of carbonyl (C=O) groups is 3. The van der Waals surface area contributed by atoms with Crippen molar-refractivity contribution in [1.29, 1.82) is 0 Å². The first-order chi connectivity index (χ1) is 18.6. The van der Waals surface area contributed by atoms with Gasteiger partial charge in [-0.2, -0.15) is 0 Å². The third kappa shape index (κ3) is 8.06. The molecule has 0 bridgehead atoms. The molecule has 206 valence electrons. The monoisotopic (exact) mass is 537 g/mol. The Morgan fingerprint density at radius 2 is 1.59 bits per heavy atom. The number of rotatable bonds is 11. The Hall–Kier alpha value is -4.87. The van der Waals surface area contributed by atoms with Gasteiger partial charge in [-0.3, -0.25) is 9.59 Å². The smallest absolute Gasteiger partial charge is 0.330 e. The second kappa shape index (κ2) is 13.1. The summed E-state index contributed by atoms with van der Waals surface area (Å²) in [6, 6.07) is 9.18. The first-order valence-electron chi connectivity index (χ1n) is 12.1. The Kier molecular flexibility index (Phi) is 9.63.